The fourth-order valence-corrected chi connectivity index (χ4v) is 4.10. The molecule has 0 saturated heterocycles. The van der Waals surface area contributed by atoms with Gasteiger partial charge in [-0.25, -0.2) is 9.67 Å². The van der Waals surface area contributed by atoms with Gasteiger partial charge in [-0.1, -0.05) is 35.5 Å². The molecule has 0 N–H and O–H groups in total. The largest absolute Gasteiger partial charge is 0.416 e. The number of aromatic nitrogens is 5. The number of fused-ring (bicyclic) bond motifs is 1. The molecule has 0 aliphatic carbocycles. The molecule has 12 heteroatoms. The molecular formula is C26H17F6N5O. The van der Waals surface area contributed by atoms with Crippen molar-refractivity contribution in [1.29, 1.82) is 0 Å². The van der Waals surface area contributed by atoms with E-state index in [1.54, 1.807) is 36.4 Å². The van der Waals surface area contributed by atoms with E-state index >= 15 is 0 Å². The molecule has 194 valence electrons. The van der Waals surface area contributed by atoms with Crippen LogP contribution in [0.3, 0.4) is 0 Å². The summed E-state index contributed by atoms with van der Waals surface area (Å²) in [4.78, 5) is 18.0. The molecule has 38 heavy (non-hydrogen) atoms. The van der Waals surface area contributed by atoms with Gasteiger partial charge in [0, 0.05) is 5.56 Å². The van der Waals surface area contributed by atoms with Crippen LogP contribution < -0.4 is 5.56 Å². The number of benzene rings is 3. The Hall–Kier alpha value is -4.48. The van der Waals surface area contributed by atoms with Gasteiger partial charge < -0.3 is 0 Å². The first-order valence-electron chi connectivity index (χ1n) is 11.2. The molecule has 5 aromatic rings. The molecule has 0 amide bonds. The highest BCUT2D eigenvalue weighted by Crippen LogP contribution is 2.38. The highest BCUT2D eigenvalue weighted by Gasteiger charge is 2.37. The molecule has 5 rings (SSSR count). The van der Waals surface area contributed by atoms with Crippen LogP contribution >= 0.6 is 0 Å². The zero-order valence-corrected chi connectivity index (χ0v) is 19.5. The smallest absolute Gasteiger partial charge is 0.268 e. The van der Waals surface area contributed by atoms with Crippen LogP contribution in [0, 0.1) is 6.92 Å². The lowest BCUT2D eigenvalue weighted by Gasteiger charge is -2.15. The Labute approximate surface area is 210 Å². The molecule has 0 fully saturated rings. The molecular weight excluding hydrogens is 512 g/mol. The normalized spacial score (nSPS) is 12.3. The van der Waals surface area contributed by atoms with Crippen LogP contribution in [0.5, 0.6) is 0 Å². The van der Waals surface area contributed by atoms with Crippen molar-refractivity contribution >= 4 is 10.9 Å². The molecule has 0 unspecified atom stereocenters. The quantitative estimate of drug-likeness (QED) is 0.267. The first-order valence-corrected chi connectivity index (χ1v) is 11.2. The Morgan fingerprint density at radius 2 is 1.47 bits per heavy atom. The van der Waals surface area contributed by atoms with E-state index in [9.17, 15) is 31.1 Å². The number of halogens is 6. The summed E-state index contributed by atoms with van der Waals surface area (Å²) >= 11 is 0. The van der Waals surface area contributed by atoms with E-state index in [0.717, 1.165) is 5.56 Å². The number of aryl methyl sites for hydroxylation is 1. The minimum atomic E-state index is -5.00. The van der Waals surface area contributed by atoms with Gasteiger partial charge in [-0.2, -0.15) is 26.3 Å². The maximum atomic E-state index is 13.4. The number of hydrogen-bond donors (Lipinski definition) is 0. The summed E-state index contributed by atoms with van der Waals surface area (Å²) in [5, 5.41) is 8.06. The summed E-state index contributed by atoms with van der Waals surface area (Å²) in [6.45, 7) is 1.69. The molecule has 0 aliphatic heterocycles. The average molecular weight is 529 g/mol. The van der Waals surface area contributed by atoms with Gasteiger partial charge in [-0.05, 0) is 48.9 Å². The Balaban J connectivity index is 1.61. The van der Waals surface area contributed by atoms with Crippen molar-refractivity contribution in [1.82, 2.24) is 24.5 Å². The molecule has 2 aromatic heterocycles. The minimum absolute atomic E-state index is 0.0494. The molecule has 3 aromatic carbocycles. The lowest BCUT2D eigenvalue weighted by molar-refractivity contribution is -0.143. The van der Waals surface area contributed by atoms with Gasteiger partial charge in [-0.15, -0.1) is 5.10 Å². The monoisotopic (exact) mass is 529 g/mol. The maximum Gasteiger partial charge on any atom is 0.416 e. The Morgan fingerprint density at radius 3 is 2.13 bits per heavy atom. The van der Waals surface area contributed by atoms with E-state index in [1.807, 2.05) is 19.1 Å². The fourth-order valence-electron chi connectivity index (χ4n) is 4.10. The van der Waals surface area contributed by atoms with Crippen molar-refractivity contribution < 1.29 is 26.3 Å². The molecule has 0 radical (unpaired) electrons. The molecule has 2 heterocycles. The standard InChI is InChI=1S/C26H17F6N5O/c1-15-6-2-5-9-22(15)37-23(33-20-8-4-3-7-19(20)24(37)38)14-36-13-21(34-35-36)16-10-17(25(27,28)29)12-18(11-16)26(30,31)32/h2-13H,14H2,1H3. The van der Waals surface area contributed by atoms with Gasteiger partial charge in [0.25, 0.3) is 5.56 Å². The first-order chi connectivity index (χ1) is 17.9. The SMILES string of the molecule is Cc1ccccc1-n1c(Cn2cc(-c3cc(C(F)(F)F)cc(C(F)(F)F)c3)nn2)nc2ccccc2c1=O. The van der Waals surface area contributed by atoms with Crippen molar-refractivity contribution in [3.63, 3.8) is 0 Å². The van der Waals surface area contributed by atoms with Crippen molar-refractivity contribution in [3.8, 4) is 16.9 Å². The summed E-state index contributed by atoms with van der Waals surface area (Å²) in [6.07, 6.45) is -8.78. The van der Waals surface area contributed by atoms with E-state index in [1.165, 1.54) is 15.4 Å². The van der Waals surface area contributed by atoms with Crippen LogP contribution in [-0.4, -0.2) is 24.5 Å². The topological polar surface area (TPSA) is 65.6 Å². The second kappa shape index (κ2) is 9.12. The third kappa shape index (κ3) is 4.76. The van der Waals surface area contributed by atoms with Gasteiger partial charge in [-0.3, -0.25) is 9.36 Å². The first kappa shape index (κ1) is 25.2. The highest BCUT2D eigenvalue weighted by molar-refractivity contribution is 5.78. The predicted molar refractivity (Wildman–Crippen MR) is 127 cm³/mol. The maximum absolute atomic E-state index is 13.4. The van der Waals surface area contributed by atoms with E-state index in [0.29, 0.717) is 28.7 Å². The molecule has 0 bridgehead atoms. The summed E-state index contributed by atoms with van der Waals surface area (Å²) in [5.74, 6) is 0.250. The average Bonchev–Trinajstić information content (AvgIpc) is 3.32. The van der Waals surface area contributed by atoms with Crippen LogP contribution in [0.25, 0.3) is 27.8 Å². The third-order valence-electron chi connectivity index (χ3n) is 5.93. The van der Waals surface area contributed by atoms with Crippen molar-refractivity contribution in [2.45, 2.75) is 25.8 Å². The molecule has 0 atom stereocenters. The van der Waals surface area contributed by atoms with E-state index in [-0.39, 0.29) is 29.7 Å². The zero-order chi connectivity index (χ0) is 27.2. The number of alkyl halides is 6. The van der Waals surface area contributed by atoms with Gasteiger partial charge >= 0.3 is 12.4 Å². The second-order valence-corrected chi connectivity index (χ2v) is 8.57. The van der Waals surface area contributed by atoms with Gasteiger partial charge in [0.05, 0.1) is 33.9 Å². The molecule has 6 nitrogen and oxygen atoms in total. The van der Waals surface area contributed by atoms with Crippen molar-refractivity contribution in [3.05, 3.63) is 106 Å². The Bertz CT molecular complexity index is 1690. The summed E-state index contributed by atoms with van der Waals surface area (Å²) in [6, 6.07) is 15.1. The number of nitrogens with zero attached hydrogens (tertiary/aromatic N) is 5. The number of para-hydroxylation sites is 2. The van der Waals surface area contributed by atoms with Crippen LogP contribution in [0.1, 0.15) is 22.5 Å². The van der Waals surface area contributed by atoms with Gasteiger partial charge in [0.2, 0.25) is 0 Å². The Kier molecular flexibility index (Phi) is 6.04. The van der Waals surface area contributed by atoms with E-state index in [4.69, 9.17) is 0 Å². The summed E-state index contributed by atoms with van der Waals surface area (Å²) in [5.41, 5.74) is -2.08. The van der Waals surface area contributed by atoms with Crippen LogP contribution in [0.15, 0.2) is 77.7 Å². The van der Waals surface area contributed by atoms with E-state index < -0.39 is 29.0 Å². The summed E-state index contributed by atoms with van der Waals surface area (Å²) < 4.78 is 82.4. The second-order valence-electron chi connectivity index (χ2n) is 8.57. The van der Waals surface area contributed by atoms with Gasteiger partial charge in [0.1, 0.15) is 18.1 Å². The summed E-state index contributed by atoms with van der Waals surface area (Å²) in [7, 11) is 0. The lowest BCUT2D eigenvalue weighted by atomic mass is 10.0. The van der Waals surface area contributed by atoms with Crippen molar-refractivity contribution in [2.24, 2.45) is 0 Å². The lowest BCUT2D eigenvalue weighted by Crippen LogP contribution is -2.26. The van der Waals surface area contributed by atoms with Crippen LogP contribution in [0.4, 0.5) is 26.3 Å². The van der Waals surface area contributed by atoms with Crippen molar-refractivity contribution in [2.75, 3.05) is 0 Å². The van der Waals surface area contributed by atoms with Crippen LogP contribution in [-0.2, 0) is 18.9 Å². The van der Waals surface area contributed by atoms with Crippen LogP contribution in [0.2, 0.25) is 0 Å². The zero-order valence-electron chi connectivity index (χ0n) is 19.5. The number of rotatable bonds is 4. The Morgan fingerprint density at radius 1 is 0.842 bits per heavy atom. The molecule has 0 spiro atoms. The number of hydrogen-bond acceptors (Lipinski definition) is 4. The predicted octanol–water partition coefficient (Wildman–Crippen LogP) is 6.04. The minimum Gasteiger partial charge on any atom is -0.268 e. The molecule has 0 saturated carbocycles. The highest BCUT2D eigenvalue weighted by atomic mass is 19.4. The fraction of sp³-hybridized carbons (Fsp3) is 0.154. The third-order valence-corrected chi connectivity index (χ3v) is 5.93. The molecule has 0 aliphatic rings. The van der Waals surface area contributed by atoms with E-state index in [2.05, 4.69) is 15.3 Å². The van der Waals surface area contributed by atoms with Gasteiger partial charge in [0.15, 0.2) is 0 Å².